The Bertz CT molecular complexity index is 1390. The number of para-hydroxylation sites is 1. The summed E-state index contributed by atoms with van der Waals surface area (Å²) in [5, 5.41) is 13.3. The Hall–Kier alpha value is -4.67. The number of halogens is 3. The molecule has 0 aliphatic carbocycles. The average Bonchev–Trinajstić information content (AvgIpc) is 3.27. The Labute approximate surface area is 204 Å². The summed E-state index contributed by atoms with van der Waals surface area (Å²) in [5.74, 6) is -0.593. The molecule has 36 heavy (non-hydrogen) atoms. The van der Waals surface area contributed by atoms with Gasteiger partial charge in [0.15, 0.2) is 0 Å². The van der Waals surface area contributed by atoms with E-state index in [-0.39, 0.29) is 23.2 Å². The third kappa shape index (κ3) is 5.19. The summed E-state index contributed by atoms with van der Waals surface area (Å²) >= 11 is 0. The predicted octanol–water partition coefficient (Wildman–Crippen LogP) is 4.66. The summed E-state index contributed by atoms with van der Waals surface area (Å²) in [7, 11) is 0. The number of hydrogen-bond donors (Lipinski definition) is 3. The maximum absolute atomic E-state index is 13.0. The van der Waals surface area contributed by atoms with Crippen molar-refractivity contribution in [1.82, 2.24) is 10.2 Å². The van der Waals surface area contributed by atoms with Crippen LogP contribution in [-0.2, 0) is 4.79 Å². The van der Waals surface area contributed by atoms with Crippen molar-refractivity contribution in [2.24, 2.45) is 10.7 Å². The van der Waals surface area contributed by atoms with Gasteiger partial charge in [0.1, 0.15) is 0 Å². The van der Waals surface area contributed by atoms with Gasteiger partial charge >= 0.3 is 12.2 Å². The van der Waals surface area contributed by atoms with E-state index in [1.165, 1.54) is 6.92 Å². The molecule has 11 heteroatoms. The van der Waals surface area contributed by atoms with Crippen LogP contribution in [0.25, 0.3) is 5.57 Å². The number of aliphatic imine (C=N–C) groups is 1. The molecule has 2 heterocycles. The maximum Gasteiger partial charge on any atom is 0.416 e. The number of fused-ring (bicyclic) bond motifs is 1. The number of rotatable bonds is 6. The minimum Gasteiger partial charge on any atom is -0.404 e. The number of nitrogens with two attached hydrogens (primary N) is 1. The average molecular weight is 494 g/mol. The summed E-state index contributed by atoms with van der Waals surface area (Å²) < 4.78 is 44.5. The molecule has 1 atom stereocenters. The van der Waals surface area contributed by atoms with E-state index in [0.29, 0.717) is 17.5 Å². The van der Waals surface area contributed by atoms with Crippen LogP contribution in [0.5, 0.6) is 0 Å². The molecule has 1 aliphatic rings. The number of nitrogens with one attached hydrogen (secondary N) is 2. The Kier molecular flexibility index (Phi) is 6.73. The van der Waals surface area contributed by atoms with Gasteiger partial charge < -0.3 is 20.8 Å². The molecule has 1 aromatic heterocycles. The lowest BCUT2D eigenvalue weighted by molar-refractivity contribution is -0.116. The van der Waals surface area contributed by atoms with E-state index in [9.17, 15) is 18.0 Å². The monoisotopic (exact) mass is 494 g/mol. The molecule has 0 saturated heterocycles. The SMILES string of the molecule is C=C/C(=C\C(N)=C(/C)c1nnc(NC2N=C(c3ccccc3)c3ccccc3NC2=O)o1)C(F)(F)F. The largest absolute Gasteiger partial charge is 0.416 e. The highest BCUT2D eigenvalue weighted by molar-refractivity contribution is 6.19. The number of carbonyl (C=O) groups is 1. The van der Waals surface area contributed by atoms with Crippen LogP contribution >= 0.6 is 0 Å². The highest BCUT2D eigenvalue weighted by Gasteiger charge is 2.32. The van der Waals surface area contributed by atoms with Gasteiger partial charge in [0.2, 0.25) is 12.1 Å². The van der Waals surface area contributed by atoms with E-state index in [1.807, 2.05) is 42.5 Å². The van der Waals surface area contributed by atoms with Crippen LogP contribution in [-0.4, -0.2) is 34.2 Å². The minimum atomic E-state index is -4.62. The Balaban J connectivity index is 1.65. The van der Waals surface area contributed by atoms with Crippen LogP contribution in [0.15, 0.2) is 94.0 Å². The fourth-order valence-electron chi connectivity index (χ4n) is 3.39. The number of alkyl halides is 3. The molecule has 184 valence electrons. The van der Waals surface area contributed by atoms with E-state index in [0.717, 1.165) is 17.2 Å². The molecule has 0 fully saturated rings. The van der Waals surface area contributed by atoms with Crippen molar-refractivity contribution in [2.45, 2.75) is 19.3 Å². The van der Waals surface area contributed by atoms with E-state index < -0.39 is 23.8 Å². The van der Waals surface area contributed by atoms with Crippen molar-refractivity contribution in [3.8, 4) is 0 Å². The van der Waals surface area contributed by atoms with Gasteiger partial charge in [-0.1, -0.05) is 66.3 Å². The van der Waals surface area contributed by atoms with Gasteiger partial charge in [-0.2, -0.15) is 13.2 Å². The number of aromatic nitrogens is 2. The number of benzene rings is 2. The minimum absolute atomic E-state index is 0.116. The van der Waals surface area contributed by atoms with Crippen LogP contribution in [0.2, 0.25) is 0 Å². The Morgan fingerprint density at radius 2 is 1.83 bits per heavy atom. The number of amides is 1. The second-order valence-electron chi connectivity index (χ2n) is 7.72. The van der Waals surface area contributed by atoms with Crippen molar-refractivity contribution in [1.29, 1.82) is 0 Å². The second-order valence-corrected chi connectivity index (χ2v) is 7.72. The summed E-state index contributed by atoms with van der Waals surface area (Å²) in [6, 6.07) is 16.4. The fourth-order valence-corrected chi connectivity index (χ4v) is 3.39. The fraction of sp³-hybridized carbons (Fsp3) is 0.120. The highest BCUT2D eigenvalue weighted by Crippen LogP contribution is 2.29. The summed E-state index contributed by atoms with van der Waals surface area (Å²) in [6.07, 6.45) is -4.37. The molecule has 0 bridgehead atoms. The van der Waals surface area contributed by atoms with Crippen molar-refractivity contribution in [3.05, 3.63) is 102 Å². The molecule has 4 rings (SSSR count). The summed E-state index contributed by atoms with van der Waals surface area (Å²) in [5.41, 5.74) is 7.35. The van der Waals surface area contributed by atoms with Gasteiger partial charge in [0.25, 0.3) is 5.91 Å². The first-order chi connectivity index (χ1) is 17.2. The zero-order chi connectivity index (χ0) is 25.9. The molecule has 1 unspecified atom stereocenters. The van der Waals surface area contributed by atoms with Gasteiger partial charge in [-0.15, -0.1) is 5.10 Å². The first-order valence-electron chi connectivity index (χ1n) is 10.7. The normalized spacial score (nSPS) is 16.8. The number of anilines is 2. The highest BCUT2D eigenvalue weighted by atomic mass is 19.4. The molecular formula is C25H21F3N6O2. The lowest BCUT2D eigenvalue weighted by Gasteiger charge is -2.11. The van der Waals surface area contributed by atoms with Crippen LogP contribution in [0, 0.1) is 0 Å². The van der Waals surface area contributed by atoms with E-state index in [4.69, 9.17) is 10.2 Å². The van der Waals surface area contributed by atoms with Crippen molar-refractivity contribution >= 4 is 28.9 Å². The third-order valence-corrected chi connectivity index (χ3v) is 5.29. The number of carbonyl (C=O) groups excluding carboxylic acids is 1. The third-order valence-electron chi connectivity index (χ3n) is 5.29. The van der Waals surface area contributed by atoms with Gasteiger partial charge in [-0.05, 0) is 19.1 Å². The van der Waals surface area contributed by atoms with E-state index >= 15 is 0 Å². The zero-order valence-corrected chi connectivity index (χ0v) is 19.0. The van der Waals surface area contributed by atoms with Crippen LogP contribution < -0.4 is 16.4 Å². The predicted molar refractivity (Wildman–Crippen MR) is 130 cm³/mol. The number of allylic oxidation sites excluding steroid dienone is 4. The lowest BCUT2D eigenvalue weighted by atomic mass is 10.0. The van der Waals surface area contributed by atoms with Crippen LogP contribution in [0.3, 0.4) is 0 Å². The molecular weight excluding hydrogens is 473 g/mol. The second kappa shape index (κ2) is 9.90. The van der Waals surface area contributed by atoms with E-state index in [1.54, 1.807) is 12.1 Å². The topological polar surface area (TPSA) is 118 Å². The standard InChI is InChI=1S/C25H21F3N6O2/c1-3-16(25(26,27)28)13-18(29)14(2)23-33-34-24(36-23)32-21-22(35)30-19-12-8-7-11-17(19)20(31-21)15-9-5-4-6-10-15/h3-13,21H,1,29H2,2H3,(H,30,35)(H,32,34)/b16-13+,18-14-. The maximum atomic E-state index is 13.0. The number of benzodiazepines with no additional fused rings is 1. The van der Waals surface area contributed by atoms with Crippen molar-refractivity contribution in [3.63, 3.8) is 0 Å². The lowest BCUT2D eigenvalue weighted by Crippen LogP contribution is -2.32. The number of nitrogens with zero attached hydrogens (tertiary/aromatic N) is 3. The van der Waals surface area contributed by atoms with Crippen molar-refractivity contribution in [2.75, 3.05) is 10.6 Å². The zero-order valence-electron chi connectivity index (χ0n) is 19.0. The van der Waals surface area contributed by atoms with Crippen LogP contribution in [0.4, 0.5) is 24.9 Å². The first-order valence-corrected chi connectivity index (χ1v) is 10.7. The van der Waals surface area contributed by atoms with Gasteiger partial charge in [0.05, 0.1) is 17.0 Å². The molecule has 1 amide bonds. The van der Waals surface area contributed by atoms with Crippen molar-refractivity contribution < 1.29 is 22.4 Å². The quantitative estimate of drug-likeness (QED) is 0.429. The Morgan fingerprint density at radius 1 is 1.14 bits per heavy atom. The first kappa shape index (κ1) is 24.5. The molecule has 1 aliphatic heterocycles. The molecule has 0 saturated carbocycles. The van der Waals surface area contributed by atoms with Gasteiger partial charge in [-0.25, -0.2) is 4.99 Å². The molecule has 0 radical (unpaired) electrons. The smallest absolute Gasteiger partial charge is 0.404 e. The summed E-state index contributed by atoms with van der Waals surface area (Å²) in [4.78, 5) is 17.5. The van der Waals surface area contributed by atoms with Gasteiger partial charge in [0, 0.05) is 22.4 Å². The molecule has 4 N–H and O–H groups in total. The molecule has 2 aromatic carbocycles. The Morgan fingerprint density at radius 3 is 2.53 bits per heavy atom. The molecule has 3 aromatic rings. The van der Waals surface area contributed by atoms with E-state index in [2.05, 4.69) is 32.4 Å². The molecule has 0 spiro atoms. The molecule has 8 nitrogen and oxygen atoms in total. The number of hydrogen-bond acceptors (Lipinski definition) is 7. The van der Waals surface area contributed by atoms with Crippen LogP contribution in [0.1, 0.15) is 23.9 Å². The summed E-state index contributed by atoms with van der Waals surface area (Å²) in [6.45, 7) is 4.59. The van der Waals surface area contributed by atoms with Gasteiger partial charge in [-0.3, -0.25) is 4.79 Å².